The Balaban J connectivity index is 2.00. The number of fused-ring (bicyclic) bond motifs is 1. The second-order valence-electron chi connectivity index (χ2n) is 5.46. The quantitative estimate of drug-likeness (QED) is 0.458. The van der Waals surface area contributed by atoms with Crippen LogP contribution in [-0.4, -0.2) is 23.7 Å². The fraction of sp³-hybridized carbons (Fsp3) is 0.353. The van der Waals surface area contributed by atoms with Crippen LogP contribution in [0.1, 0.15) is 19.3 Å². The van der Waals surface area contributed by atoms with E-state index in [1.165, 1.54) is 25.3 Å². The van der Waals surface area contributed by atoms with Crippen molar-refractivity contribution in [3.05, 3.63) is 36.4 Å². The van der Waals surface area contributed by atoms with Crippen LogP contribution in [0.2, 0.25) is 0 Å². The Morgan fingerprint density at radius 2 is 1.61 bits per heavy atom. The van der Waals surface area contributed by atoms with E-state index in [9.17, 15) is 18.0 Å². The zero-order valence-electron chi connectivity index (χ0n) is 12.4. The molecule has 0 saturated carbocycles. The van der Waals surface area contributed by atoms with Gasteiger partial charge in [-0.2, -0.15) is 13.2 Å². The van der Waals surface area contributed by atoms with E-state index in [2.05, 4.69) is 4.74 Å². The molecule has 2 aromatic carbocycles. The third-order valence-corrected chi connectivity index (χ3v) is 6.41. The zero-order chi connectivity index (χ0) is 16.4. The summed E-state index contributed by atoms with van der Waals surface area (Å²) in [4.78, 5) is 12.3. The van der Waals surface area contributed by atoms with Gasteiger partial charge < -0.3 is 4.74 Å². The molecule has 0 bridgehead atoms. The normalized spacial score (nSPS) is 16.5. The molecule has 0 radical (unpaired) electrons. The van der Waals surface area contributed by atoms with Crippen LogP contribution in [-0.2, 0) is 15.7 Å². The highest BCUT2D eigenvalue weighted by Gasteiger charge is 2.41. The molecular weight excluding hydrogens is 325 g/mol. The summed E-state index contributed by atoms with van der Waals surface area (Å²) in [6.07, 6.45) is -1.39. The molecule has 23 heavy (non-hydrogen) atoms. The summed E-state index contributed by atoms with van der Waals surface area (Å²) in [5, 5.41) is 1.44. The molecule has 2 nitrogen and oxygen atoms in total. The van der Waals surface area contributed by atoms with Gasteiger partial charge in [0.25, 0.3) is 0 Å². The smallest absolute Gasteiger partial charge is 0.419 e. The lowest BCUT2D eigenvalue weighted by atomic mass is 10.1. The Morgan fingerprint density at radius 1 is 0.957 bits per heavy atom. The van der Waals surface area contributed by atoms with Crippen molar-refractivity contribution in [1.82, 2.24) is 0 Å². The average Bonchev–Trinajstić information content (AvgIpc) is 2.55. The summed E-state index contributed by atoms with van der Waals surface area (Å²) in [7, 11) is 0.117. The van der Waals surface area contributed by atoms with Crippen LogP contribution in [0.3, 0.4) is 0 Å². The number of carbonyl (C=O) groups excluding carboxylic acids is 1. The first-order valence-corrected chi connectivity index (χ1v) is 9.01. The first-order chi connectivity index (χ1) is 11.0. The van der Waals surface area contributed by atoms with Gasteiger partial charge in [-0.1, -0.05) is 18.2 Å². The second-order valence-corrected chi connectivity index (χ2v) is 7.70. The van der Waals surface area contributed by atoms with Gasteiger partial charge in [-0.05, 0) is 37.5 Å². The molecule has 1 aliphatic rings. The van der Waals surface area contributed by atoms with Gasteiger partial charge in [-0.15, -0.1) is 0 Å². The fourth-order valence-electron chi connectivity index (χ4n) is 2.79. The Labute approximate surface area is 135 Å². The summed E-state index contributed by atoms with van der Waals surface area (Å²) < 4.78 is 41.9. The summed E-state index contributed by atoms with van der Waals surface area (Å²) in [6, 6.07) is 10.5. The molecule has 122 valence electrons. The third-order valence-electron chi connectivity index (χ3n) is 3.87. The molecule has 3 rings (SSSR count). The van der Waals surface area contributed by atoms with E-state index in [0.29, 0.717) is 5.39 Å². The Morgan fingerprint density at radius 3 is 2.26 bits per heavy atom. The van der Waals surface area contributed by atoms with E-state index in [0.717, 1.165) is 21.8 Å². The van der Waals surface area contributed by atoms with Crippen molar-refractivity contribution in [3.8, 4) is 5.75 Å². The van der Waals surface area contributed by atoms with E-state index < -0.39 is 12.1 Å². The van der Waals surface area contributed by atoms with Crippen LogP contribution in [0.5, 0.6) is 5.75 Å². The molecule has 0 aromatic heterocycles. The van der Waals surface area contributed by atoms with Crippen LogP contribution in [0, 0.1) is 0 Å². The van der Waals surface area contributed by atoms with Crippen molar-refractivity contribution >= 4 is 27.6 Å². The molecule has 0 aliphatic carbocycles. The minimum Gasteiger partial charge on any atom is -0.419 e. The van der Waals surface area contributed by atoms with Crippen LogP contribution in [0.4, 0.5) is 13.2 Å². The topological polar surface area (TPSA) is 26.3 Å². The Hall–Kier alpha value is -1.69. The molecule has 2 aromatic rings. The highest BCUT2D eigenvalue weighted by atomic mass is 32.2. The maximum Gasteiger partial charge on any atom is 0.491 e. The lowest BCUT2D eigenvalue weighted by molar-refractivity contribution is -0.189. The van der Waals surface area contributed by atoms with E-state index in [1.54, 1.807) is 12.1 Å². The SMILES string of the molecule is O=C(Oc1ccc([S+]2CCCCC2)c2ccccc12)C(F)(F)F. The predicted molar refractivity (Wildman–Crippen MR) is 84.9 cm³/mol. The largest absolute Gasteiger partial charge is 0.491 e. The third kappa shape index (κ3) is 3.47. The number of halogens is 3. The van der Waals surface area contributed by atoms with Crippen LogP contribution in [0.15, 0.2) is 41.3 Å². The standard InChI is InChI=1S/C17H16F3O2S/c18-17(19,20)16(21)22-14-8-9-15(23-10-4-1-5-11-23)13-7-3-2-6-12(13)14/h2-3,6-9H,1,4-5,10-11H2/q+1. The van der Waals surface area contributed by atoms with E-state index in [1.807, 2.05) is 18.2 Å². The molecule has 1 fully saturated rings. The van der Waals surface area contributed by atoms with Crippen molar-refractivity contribution in [2.24, 2.45) is 0 Å². The molecule has 0 unspecified atom stereocenters. The first-order valence-electron chi connectivity index (χ1n) is 7.45. The van der Waals surface area contributed by atoms with Gasteiger partial charge in [0.2, 0.25) is 0 Å². The van der Waals surface area contributed by atoms with Crippen molar-refractivity contribution in [2.75, 3.05) is 11.5 Å². The number of rotatable bonds is 2. The van der Waals surface area contributed by atoms with E-state index in [-0.39, 0.29) is 16.6 Å². The molecule has 0 atom stereocenters. The molecule has 0 amide bonds. The number of esters is 1. The number of ether oxygens (including phenoxy) is 1. The van der Waals surface area contributed by atoms with E-state index >= 15 is 0 Å². The number of carbonyl (C=O) groups is 1. The minimum atomic E-state index is -5.00. The van der Waals surface area contributed by atoms with Gasteiger partial charge in [0.1, 0.15) is 17.3 Å². The predicted octanol–water partition coefficient (Wildman–Crippen LogP) is 4.47. The van der Waals surface area contributed by atoms with Crippen molar-refractivity contribution in [1.29, 1.82) is 0 Å². The summed E-state index contributed by atoms with van der Waals surface area (Å²) in [5.41, 5.74) is 0. The van der Waals surface area contributed by atoms with Gasteiger partial charge in [-0.25, -0.2) is 4.79 Å². The Bertz CT molecular complexity index is 721. The van der Waals surface area contributed by atoms with Gasteiger partial charge in [0, 0.05) is 21.7 Å². The number of alkyl halides is 3. The summed E-state index contributed by atoms with van der Waals surface area (Å²) >= 11 is 0. The van der Waals surface area contributed by atoms with Crippen molar-refractivity contribution in [3.63, 3.8) is 0 Å². The summed E-state index contributed by atoms with van der Waals surface area (Å²) in [5.74, 6) is 0.0139. The lowest BCUT2D eigenvalue weighted by Gasteiger charge is -2.16. The molecule has 6 heteroatoms. The molecule has 0 spiro atoms. The highest BCUT2D eigenvalue weighted by Crippen LogP contribution is 2.35. The highest BCUT2D eigenvalue weighted by molar-refractivity contribution is 7.97. The molecule has 0 N–H and O–H groups in total. The minimum absolute atomic E-state index is 0.0349. The van der Waals surface area contributed by atoms with Gasteiger partial charge in [-0.3, -0.25) is 0 Å². The zero-order valence-corrected chi connectivity index (χ0v) is 13.2. The monoisotopic (exact) mass is 341 g/mol. The number of hydrogen-bond acceptors (Lipinski definition) is 2. The van der Waals surface area contributed by atoms with Crippen molar-refractivity contribution < 1.29 is 22.7 Å². The van der Waals surface area contributed by atoms with E-state index in [4.69, 9.17) is 0 Å². The number of hydrogen-bond donors (Lipinski definition) is 0. The van der Waals surface area contributed by atoms with Gasteiger partial charge in [0.05, 0.1) is 0 Å². The molecule has 1 heterocycles. The molecule has 1 aliphatic heterocycles. The molecule has 1 saturated heterocycles. The Kier molecular flexibility index (Phi) is 4.53. The average molecular weight is 341 g/mol. The van der Waals surface area contributed by atoms with Crippen molar-refractivity contribution in [2.45, 2.75) is 30.3 Å². The first kappa shape index (κ1) is 16.2. The van der Waals surface area contributed by atoms with Crippen LogP contribution >= 0.6 is 0 Å². The maximum atomic E-state index is 12.4. The lowest BCUT2D eigenvalue weighted by Crippen LogP contribution is -2.28. The maximum absolute atomic E-state index is 12.4. The summed E-state index contributed by atoms with van der Waals surface area (Å²) in [6.45, 7) is 0. The van der Waals surface area contributed by atoms with Gasteiger partial charge >= 0.3 is 12.1 Å². The number of benzene rings is 2. The van der Waals surface area contributed by atoms with Gasteiger partial charge in [0.15, 0.2) is 4.90 Å². The van der Waals surface area contributed by atoms with Crippen LogP contribution in [0.25, 0.3) is 10.8 Å². The second kappa shape index (κ2) is 6.43. The fourth-order valence-corrected chi connectivity index (χ4v) is 5.29. The van der Waals surface area contributed by atoms with Crippen LogP contribution < -0.4 is 4.74 Å². The molecular formula is C17H16F3O2S+.